The Hall–Kier alpha value is -0.270. The monoisotopic (exact) mass is 310 g/mol. The number of rotatable bonds is 3. The lowest BCUT2D eigenvalue weighted by Gasteiger charge is -2.05. The van der Waals surface area contributed by atoms with Crippen LogP contribution in [0, 0.1) is 4.64 Å². The molecule has 0 radical (unpaired) electrons. The minimum Gasteiger partial charge on any atom is -0.345 e. The summed E-state index contributed by atoms with van der Waals surface area (Å²) >= 11 is 8.32. The van der Waals surface area contributed by atoms with Crippen LogP contribution < -0.4 is 0 Å². The third-order valence-electron chi connectivity index (χ3n) is 1.74. The Labute approximate surface area is 102 Å². The first-order valence-corrected chi connectivity index (χ1v) is 7.55. The molecule has 1 aromatic rings. The van der Waals surface area contributed by atoms with E-state index in [2.05, 4.69) is 25.9 Å². The molecule has 0 bridgehead atoms. The van der Waals surface area contributed by atoms with Crippen LogP contribution >= 0.6 is 28.1 Å². The smallest absolute Gasteiger partial charge is 0.154 e. The summed E-state index contributed by atoms with van der Waals surface area (Å²) in [5.74, 6) is 0.277. The molecule has 15 heavy (non-hydrogen) atoms. The van der Waals surface area contributed by atoms with Gasteiger partial charge in [-0.3, -0.25) is 0 Å². The van der Waals surface area contributed by atoms with Crippen LogP contribution in [0.5, 0.6) is 0 Å². The molecule has 0 saturated carbocycles. The molecule has 0 atom stereocenters. The number of aryl methyl sites for hydroxylation is 1. The highest BCUT2D eigenvalue weighted by molar-refractivity contribution is 9.10. The predicted molar refractivity (Wildman–Crippen MR) is 65.0 cm³/mol. The van der Waals surface area contributed by atoms with Crippen LogP contribution in [-0.2, 0) is 22.0 Å². The van der Waals surface area contributed by atoms with Crippen LogP contribution in [-0.4, -0.2) is 24.6 Å². The van der Waals surface area contributed by atoms with E-state index in [4.69, 9.17) is 12.2 Å². The van der Waals surface area contributed by atoms with Crippen LogP contribution in [0.4, 0.5) is 0 Å². The first-order chi connectivity index (χ1) is 6.83. The molecule has 0 fully saturated rings. The van der Waals surface area contributed by atoms with Gasteiger partial charge in [-0.15, -0.1) is 0 Å². The molecule has 7 heteroatoms. The van der Waals surface area contributed by atoms with Gasteiger partial charge in [0.1, 0.15) is 16.2 Å². The van der Waals surface area contributed by atoms with Crippen molar-refractivity contribution in [1.29, 1.82) is 0 Å². The second-order valence-corrected chi connectivity index (χ2v) is 6.52. The van der Waals surface area contributed by atoms with Crippen molar-refractivity contribution in [2.75, 3.05) is 6.26 Å². The number of hydrogen-bond donors (Lipinski definition) is 1. The molecule has 0 aromatic carbocycles. The van der Waals surface area contributed by atoms with Gasteiger partial charge in [-0.2, -0.15) is 0 Å². The summed E-state index contributed by atoms with van der Waals surface area (Å²) in [7, 11) is -3.09. The van der Waals surface area contributed by atoms with Gasteiger partial charge in [-0.1, -0.05) is 19.1 Å². The van der Waals surface area contributed by atoms with E-state index in [-0.39, 0.29) is 5.75 Å². The van der Waals surface area contributed by atoms with Gasteiger partial charge >= 0.3 is 0 Å². The van der Waals surface area contributed by atoms with Gasteiger partial charge in [-0.25, -0.2) is 13.4 Å². The standard InChI is InChI=1S/C8H11BrN2O2S2/c1-3-5-7(9)8(14)11-6(10-5)4-15(2,12)13/h3-4H2,1-2H3,(H,10,11,14). The Kier molecular flexibility index (Phi) is 4.02. The summed E-state index contributed by atoms with van der Waals surface area (Å²) < 4.78 is 23.3. The fourth-order valence-corrected chi connectivity index (χ4v) is 2.45. The highest BCUT2D eigenvalue weighted by Gasteiger charge is 2.09. The van der Waals surface area contributed by atoms with Crippen molar-refractivity contribution >= 4 is 38.0 Å². The van der Waals surface area contributed by atoms with Gasteiger partial charge < -0.3 is 4.98 Å². The molecule has 0 aliphatic carbocycles. The molecule has 0 aliphatic heterocycles. The molecule has 0 amide bonds. The number of sulfone groups is 1. The molecule has 1 rings (SSSR count). The van der Waals surface area contributed by atoms with E-state index >= 15 is 0 Å². The first-order valence-electron chi connectivity index (χ1n) is 4.28. The number of H-pyrrole nitrogens is 1. The summed E-state index contributed by atoms with van der Waals surface area (Å²) in [6, 6.07) is 0. The van der Waals surface area contributed by atoms with Crippen LogP contribution in [0.3, 0.4) is 0 Å². The Balaban J connectivity index is 3.24. The summed E-state index contributed by atoms with van der Waals surface area (Å²) in [5.41, 5.74) is 0.869. The second-order valence-electron chi connectivity index (χ2n) is 3.20. The maximum atomic E-state index is 11.1. The molecule has 4 nitrogen and oxygen atoms in total. The highest BCUT2D eigenvalue weighted by Crippen LogP contribution is 2.16. The summed E-state index contributed by atoms with van der Waals surface area (Å²) in [5, 5.41) is 0. The molecule has 1 aromatic heterocycles. The Morgan fingerprint density at radius 1 is 1.53 bits per heavy atom. The third kappa shape index (κ3) is 3.66. The van der Waals surface area contributed by atoms with E-state index in [1.54, 1.807) is 0 Å². The SMILES string of the molecule is CCc1[nH]c(CS(C)(=O)=O)nc(=S)c1Br. The second kappa shape index (κ2) is 4.71. The van der Waals surface area contributed by atoms with Gasteiger partial charge in [0.15, 0.2) is 9.84 Å². The van der Waals surface area contributed by atoms with Gasteiger partial charge in [-0.05, 0) is 22.4 Å². The molecule has 0 saturated heterocycles. The van der Waals surface area contributed by atoms with Gasteiger partial charge in [0, 0.05) is 11.9 Å². The zero-order valence-electron chi connectivity index (χ0n) is 8.37. The fourth-order valence-electron chi connectivity index (χ4n) is 1.12. The first kappa shape index (κ1) is 12.8. The average molecular weight is 311 g/mol. The van der Waals surface area contributed by atoms with Crippen LogP contribution in [0.1, 0.15) is 18.4 Å². The number of nitrogens with zero attached hydrogens (tertiary/aromatic N) is 1. The van der Waals surface area contributed by atoms with E-state index in [1.165, 1.54) is 6.26 Å². The van der Waals surface area contributed by atoms with E-state index < -0.39 is 9.84 Å². The molecule has 1 N–H and O–H groups in total. The quantitative estimate of drug-likeness (QED) is 0.867. The highest BCUT2D eigenvalue weighted by atomic mass is 79.9. The lowest BCUT2D eigenvalue weighted by Crippen LogP contribution is -2.07. The van der Waals surface area contributed by atoms with Gasteiger partial charge in [0.05, 0.1) is 4.47 Å². The summed E-state index contributed by atoms with van der Waals surface area (Å²) in [4.78, 5) is 6.96. The third-order valence-corrected chi connectivity index (χ3v) is 3.95. The average Bonchev–Trinajstić information content (AvgIpc) is 2.08. The molecular weight excluding hydrogens is 300 g/mol. The molecule has 1 heterocycles. The summed E-state index contributed by atoms with van der Waals surface area (Å²) in [6.45, 7) is 1.95. The zero-order valence-corrected chi connectivity index (χ0v) is 11.6. The number of hydrogen-bond acceptors (Lipinski definition) is 4. The van der Waals surface area contributed by atoms with Crippen molar-refractivity contribution in [3.63, 3.8) is 0 Å². The predicted octanol–water partition coefficient (Wildman–Crippen LogP) is 2.01. The van der Waals surface area contributed by atoms with E-state index in [0.717, 1.165) is 16.6 Å². The number of nitrogens with one attached hydrogen (secondary N) is 1. The number of halogens is 1. The van der Waals surface area contributed by atoms with Crippen molar-refractivity contribution in [3.8, 4) is 0 Å². The molecule has 84 valence electrons. The lowest BCUT2D eigenvalue weighted by molar-refractivity contribution is 0.599. The fraction of sp³-hybridized carbons (Fsp3) is 0.500. The van der Waals surface area contributed by atoms with Crippen molar-refractivity contribution in [3.05, 3.63) is 20.6 Å². The van der Waals surface area contributed by atoms with E-state index in [0.29, 0.717) is 10.5 Å². The normalized spacial score (nSPS) is 11.7. The van der Waals surface area contributed by atoms with Crippen molar-refractivity contribution in [2.24, 2.45) is 0 Å². The van der Waals surface area contributed by atoms with Crippen LogP contribution in [0.15, 0.2) is 4.47 Å². The topological polar surface area (TPSA) is 62.8 Å². The Morgan fingerprint density at radius 3 is 2.60 bits per heavy atom. The molecule has 0 aliphatic rings. The van der Waals surface area contributed by atoms with Crippen molar-refractivity contribution in [1.82, 2.24) is 9.97 Å². The van der Waals surface area contributed by atoms with Crippen molar-refractivity contribution < 1.29 is 8.42 Å². The van der Waals surface area contributed by atoms with Gasteiger partial charge in [0.25, 0.3) is 0 Å². The maximum Gasteiger partial charge on any atom is 0.154 e. The Morgan fingerprint density at radius 2 is 2.13 bits per heavy atom. The Bertz CT molecular complexity index is 522. The van der Waals surface area contributed by atoms with Crippen molar-refractivity contribution in [2.45, 2.75) is 19.1 Å². The minimum atomic E-state index is -3.09. The molecular formula is C8H11BrN2O2S2. The molecule has 0 spiro atoms. The van der Waals surface area contributed by atoms with Gasteiger partial charge in [0.2, 0.25) is 0 Å². The van der Waals surface area contributed by atoms with Crippen LogP contribution in [0.25, 0.3) is 0 Å². The molecule has 0 unspecified atom stereocenters. The lowest BCUT2D eigenvalue weighted by atomic mass is 10.3. The minimum absolute atomic E-state index is 0.114. The van der Waals surface area contributed by atoms with E-state index in [1.807, 2.05) is 6.92 Å². The summed E-state index contributed by atoms with van der Waals surface area (Å²) in [6.07, 6.45) is 1.91. The number of aromatic amines is 1. The number of aromatic nitrogens is 2. The zero-order chi connectivity index (χ0) is 11.6. The maximum absolute atomic E-state index is 11.1. The van der Waals surface area contributed by atoms with E-state index in [9.17, 15) is 8.42 Å². The largest absolute Gasteiger partial charge is 0.345 e. The van der Waals surface area contributed by atoms with Crippen LogP contribution in [0.2, 0.25) is 0 Å².